The van der Waals surface area contributed by atoms with Crippen LogP contribution in [0.5, 0.6) is 0 Å². The van der Waals surface area contributed by atoms with Gasteiger partial charge in [0, 0.05) is 12.2 Å². The second kappa shape index (κ2) is 6.91. The maximum absolute atomic E-state index is 10.8. The number of anilines is 1. The van der Waals surface area contributed by atoms with E-state index in [1.165, 1.54) is 0 Å². The number of hydrogen-bond acceptors (Lipinski definition) is 4. The molecule has 0 radical (unpaired) electrons. The number of carbonyl (C=O) groups excluding carboxylic acids is 1. The van der Waals surface area contributed by atoms with Crippen molar-refractivity contribution >= 4 is 17.6 Å². The van der Waals surface area contributed by atoms with Gasteiger partial charge in [0.15, 0.2) is 0 Å². The number of aliphatic carboxylic acids is 1. The van der Waals surface area contributed by atoms with Gasteiger partial charge in [0.25, 0.3) is 0 Å². The number of nitrogen functional groups attached to an aromatic ring is 1. The SMILES string of the molecule is Cc1cccc(C)c1N.O=C(O)CN1CC(O)CC1=O. The fourth-order valence-corrected chi connectivity index (χ4v) is 1.89. The molecule has 110 valence electrons. The molecule has 1 unspecified atom stereocenters. The number of nitrogens with two attached hydrogens (primary N) is 1. The van der Waals surface area contributed by atoms with Crippen molar-refractivity contribution in [3.05, 3.63) is 29.3 Å². The molecule has 6 heteroatoms. The van der Waals surface area contributed by atoms with Gasteiger partial charge in [-0.25, -0.2) is 0 Å². The van der Waals surface area contributed by atoms with Crippen molar-refractivity contribution < 1.29 is 19.8 Å². The lowest BCUT2D eigenvalue weighted by Gasteiger charge is -2.11. The first kappa shape index (κ1) is 16.0. The Labute approximate surface area is 117 Å². The van der Waals surface area contributed by atoms with E-state index in [4.69, 9.17) is 15.9 Å². The van der Waals surface area contributed by atoms with Crippen LogP contribution >= 0.6 is 0 Å². The monoisotopic (exact) mass is 280 g/mol. The quantitative estimate of drug-likeness (QED) is 0.686. The summed E-state index contributed by atoms with van der Waals surface area (Å²) in [7, 11) is 0. The van der Waals surface area contributed by atoms with Crippen molar-refractivity contribution in [3.8, 4) is 0 Å². The summed E-state index contributed by atoms with van der Waals surface area (Å²) < 4.78 is 0. The number of aryl methyl sites for hydroxylation is 2. The Balaban J connectivity index is 0.000000204. The lowest BCUT2D eigenvalue weighted by Crippen LogP contribution is -2.31. The van der Waals surface area contributed by atoms with Crippen molar-refractivity contribution in [1.82, 2.24) is 4.90 Å². The molecule has 1 aromatic carbocycles. The lowest BCUT2D eigenvalue weighted by atomic mass is 10.1. The van der Waals surface area contributed by atoms with Crippen LogP contribution in [-0.4, -0.2) is 46.2 Å². The number of aliphatic hydroxyl groups is 1. The number of likely N-dealkylation sites (tertiary alicyclic amines) is 1. The summed E-state index contributed by atoms with van der Waals surface area (Å²) in [5.41, 5.74) is 8.92. The summed E-state index contributed by atoms with van der Waals surface area (Å²) in [6, 6.07) is 6.05. The topological polar surface area (TPSA) is 104 Å². The van der Waals surface area contributed by atoms with Crippen LogP contribution in [0.15, 0.2) is 18.2 Å². The van der Waals surface area contributed by atoms with E-state index >= 15 is 0 Å². The van der Waals surface area contributed by atoms with E-state index in [9.17, 15) is 9.59 Å². The number of hydrogen-bond donors (Lipinski definition) is 3. The van der Waals surface area contributed by atoms with Gasteiger partial charge in [0.05, 0.1) is 12.5 Å². The first-order chi connectivity index (χ1) is 9.31. The minimum atomic E-state index is -1.05. The van der Waals surface area contributed by atoms with Gasteiger partial charge in [0.2, 0.25) is 5.91 Å². The molecule has 0 aliphatic carbocycles. The fraction of sp³-hybridized carbons (Fsp3) is 0.429. The number of para-hydroxylation sites is 1. The van der Waals surface area contributed by atoms with Crippen LogP contribution in [0.25, 0.3) is 0 Å². The Morgan fingerprint density at radius 2 is 1.95 bits per heavy atom. The summed E-state index contributed by atoms with van der Waals surface area (Å²) in [5.74, 6) is -1.34. The highest BCUT2D eigenvalue weighted by molar-refractivity contribution is 5.83. The number of amides is 1. The standard InChI is InChI=1S/C8H11N.C6H9NO4/c1-6-4-3-5-7(2)8(6)9;8-4-1-5(9)7(2-4)3-6(10)11/h3-5H,9H2,1-2H3;4,8H,1-3H2,(H,10,11). The number of rotatable bonds is 2. The summed E-state index contributed by atoms with van der Waals surface area (Å²) in [4.78, 5) is 22.1. The second-order valence-corrected chi connectivity index (χ2v) is 4.83. The zero-order chi connectivity index (χ0) is 15.3. The van der Waals surface area contributed by atoms with Gasteiger partial charge in [-0.15, -0.1) is 0 Å². The summed E-state index contributed by atoms with van der Waals surface area (Å²) >= 11 is 0. The molecule has 0 saturated carbocycles. The Morgan fingerprint density at radius 3 is 2.30 bits per heavy atom. The molecular formula is C14H20N2O4. The van der Waals surface area contributed by atoms with Crippen LogP contribution in [0.3, 0.4) is 0 Å². The molecule has 1 fully saturated rings. The number of benzene rings is 1. The van der Waals surface area contributed by atoms with Crippen LogP contribution in [-0.2, 0) is 9.59 Å². The van der Waals surface area contributed by atoms with Crippen molar-refractivity contribution in [2.45, 2.75) is 26.4 Å². The minimum Gasteiger partial charge on any atom is -0.480 e. The third-order valence-corrected chi connectivity index (χ3v) is 3.06. The molecule has 1 atom stereocenters. The fourth-order valence-electron chi connectivity index (χ4n) is 1.89. The molecule has 2 rings (SSSR count). The number of nitrogens with zero attached hydrogens (tertiary/aromatic N) is 1. The van der Waals surface area contributed by atoms with Gasteiger partial charge in [-0.2, -0.15) is 0 Å². The number of carbonyl (C=O) groups is 2. The number of aliphatic hydroxyl groups excluding tert-OH is 1. The first-order valence-corrected chi connectivity index (χ1v) is 6.30. The molecule has 1 aliphatic rings. The maximum Gasteiger partial charge on any atom is 0.323 e. The third kappa shape index (κ3) is 4.55. The third-order valence-electron chi connectivity index (χ3n) is 3.06. The molecule has 1 saturated heterocycles. The number of carboxylic acids is 1. The van der Waals surface area contributed by atoms with Crippen molar-refractivity contribution in [1.29, 1.82) is 0 Å². The number of carboxylic acid groups (broad SMARTS) is 1. The predicted octanol–water partition coefficient (Wildman–Crippen LogP) is 0.550. The molecule has 0 bridgehead atoms. The lowest BCUT2D eigenvalue weighted by molar-refractivity contribution is -0.142. The van der Waals surface area contributed by atoms with Crippen molar-refractivity contribution in [2.24, 2.45) is 0 Å². The van der Waals surface area contributed by atoms with E-state index in [0.717, 1.165) is 21.7 Å². The van der Waals surface area contributed by atoms with Crippen LogP contribution in [0.1, 0.15) is 17.5 Å². The molecule has 4 N–H and O–H groups in total. The Morgan fingerprint density at radius 1 is 1.40 bits per heavy atom. The smallest absolute Gasteiger partial charge is 0.323 e. The van der Waals surface area contributed by atoms with Crippen LogP contribution in [0.4, 0.5) is 5.69 Å². The largest absolute Gasteiger partial charge is 0.480 e. The molecule has 6 nitrogen and oxygen atoms in total. The summed E-state index contributed by atoms with van der Waals surface area (Å²) in [6.07, 6.45) is -0.644. The Hall–Kier alpha value is -2.08. The first-order valence-electron chi connectivity index (χ1n) is 6.30. The second-order valence-electron chi connectivity index (χ2n) is 4.83. The van der Waals surface area contributed by atoms with E-state index in [2.05, 4.69) is 0 Å². The molecule has 1 amide bonds. The van der Waals surface area contributed by atoms with Gasteiger partial charge in [-0.3, -0.25) is 9.59 Å². The zero-order valence-electron chi connectivity index (χ0n) is 11.7. The highest BCUT2D eigenvalue weighted by atomic mass is 16.4. The van der Waals surface area contributed by atoms with Crippen LogP contribution < -0.4 is 5.73 Å². The molecule has 0 aromatic heterocycles. The molecular weight excluding hydrogens is 260 g/mol. The molecule has 1 heterocycles. The van der Waals surface area contributed by atoms with Gasteiger partial charge in [-0.1, -0.05) is 18.2 Å². The van der Waals surface area contributed by atoms with E-state index in [-0.39, 0.29) is 25.4 Å². The zero-order valence-corrected chi connectivity index (χ0v) is 11.7. The van der Waals surface area contributed by atoms with Gasteiger partial charge >= 0.3 is 5.97 Å². The highest BCUT2D eigenvalue weighted by Gasteiger charge is 2.28. The average molecular weight is 280 g/mol. The number of β-amino-alcohol motifs (C(OH)–C–C–N with tert-alkyl or cyclic N) is 1. The van der Waals surface area contributed by atoms with Gasteiger partial charge < -0.3 is 20.8 Å². The van der Waals surface area contributed by atoms with Gasteiger partial charge in [-0.05, 0) is 25.0 Å². The Bertz CT molecular complexity index is 482. The van der Waals surface area contributed by atoms with Crippen molar-refractivity contribution in [3.63, 3.8) is 0 Å². The normalized spacial score (nSPS) is 17.6. The van der Waals surface area contributed by atoms with Crippen molar-refractivity contribution in [2.75, 3.05) is 18.8 Å². The maximum atomic E-state index is 10.8. The van der Waals surface area contributed by atoms with E-state index in [1.54, 1.807) is 0 Å². The predicted molar refractivity (Wildman–Crippen MR) is 75.2 cm³/mol. The molecule has 20 heavy (non-hydrogen) atoms. The van der Waals surface area contributed by atoms with E-state index in [0.29, 0.717) is 0 Å². The highest BCUT2D eigenvalue weighted by Crippen LogP contribution is 2.13. The molecule has 1 aliphatic heterocycles. The molecule has 0 spiro atoms. The van der Waals surface area contributed by atoms with Crippen LogP contribution in [0.2, 0.25) is 0 Å². The van der Waals surface area contributed by atoms with E-state index in [1.807, 2.05) is 32.0 Å². The minimum absolute atomic E-state index is 0.0489. The van der Waals surface area contributed by atoms with Crippen LogP contribution in [0, 0.1) is 13.8 Å². The Kier molecular flexibility index (Phi) is 5.52. The van der Waals surface area contributed by atoms with E-state index < -0.39 is 12.1 Å². The van der Waals surface area contributed by atoms with Gasteiger partial charge in [0.1, 0.15) is 6.54 Å². The average Bonchev–Trinajstić information content (AvgIpc) is 2.65. The summed E-state index contributed by atoms with van der Waals surface area (Å²) in [5, 5.41) is 17.2. The summed E-state index contributed by atoms with van der Waals surface area (Å²) in [6.45, 7) is 3.87. The molecule has 1 aromatic rings.